The molecule has 2 aliphatic rings. The van der Waals surface area contributed by atoms with E-state index in [-0.39, 0.29) is 17.9 Å². The molecule has 1 saturated heterocycles. The molecule has 3 N–H and O–H groups in total. The first-order chi connectivity index (χ1) is 8.16. The van der Waals surface area contributed by atoms with Crippen molar-refractivity contribution in [1.29, 1.82) is 0 Å². The summed E-state index contributed by atoms with van der Waals surface area (Å²) >= 11 is 0. The minimum Gasteiger partial charge on any atom is -0.352 e. The number of hydrogen-bond acceptors (Lipinski definition) is 3. The summed E-state index contributed by atoms with van der Waals surface area (Å²) in [6.45, 7) is 2.13. The molecule has 1 heterocycles. The molecule has 4 nitrogen and oxygen atoms in total. The van der Waals surface area contributed by atoms with E-state index >= 15 is 0 Å². The number of carbonyl (C=O) groups is 1. The predicted molar refractivity (Wildman–Crippen MR) is 68.6 cm³/mol. The maximum Gasteiger partial charge on any atom is 0.224 e. The molecule has 4 heteroatoms. The van der Waals surface area contributed by atoms with E-state index in [4.69, 9.17) is 5.73 Å². The Labute approximate surface area is 104 Å². The molecule has 3 atom stereocenters. The minimum absolute atomic E-state index is 0.0518. The van der Waals surface area contributed by atoms with Crippen LogP contribution in [0.15, 0.2) is 0 Å². The summed E-state index contributed by atoms with van der Waals surface area (Å²) in [5, 5.41) is 3.19. The van der Waals surface area contributed by atoms with Crippen LogP contribution in [0, 0.1) is 5.92 Å². The second kappa shape index (κ2) is 5.83. The third kappa shape index (κ3) is 3.42. The molecule has 0 bridgehead atoms. The van der Waals surface area contributed by atoms with Gasteiger partial charge in [-0.05, 0) is 39.3 Å². The van der Waals surface area contributed by atoms with Crippen molar-refractivity contribution in [1.82, 2.24) is 10.2 Å². The molecule has 17 heavy (non-hydrogen) atoms. The maximum atomic E-state index is 12.2. The second-order valence-corrected chi connectivity index (χ2v) is 5.66. The van der Waals surface area contributed by atoms with E-state index in [9.17, 15) is 4.79 Å². The van der Waals surface area contributed by atoms with Crippen molar-refractivity contribution in [2.75, 3.05) is 20.1 Å². The average molecular weight is 239 g/mol. The molecule has 3 unspecified atom stereocenters. The van der Waals surface area contributed by atoms with E-state index in [2.05, 4.69) is 17.3 Å². The summed E-state index contributed by atoms with van der Waals surface area (Å²) in [4.78, 5) is 14.5. The van der Waals surface area contributed by atoms with Gasteiger partial charge in [-0.1, -0.05) is 12.8 Å². The van der Waals surface area contributed by atoms with Crippen molar-refractivity contribution >= 4 is 5.91 Å². The van der Waals surface area contributed by atoms with Crippen molar-refractivity contribution in [2.45, 2.75) is 50.6 Å². The zero-order valence-electron chi connectivity index (χ0n) is 10.8. The van der Waals surface area contributed by atoms with E-state index in [0.29, 0.717) is 6.04 Å². The molecule has 0 aromatic carbocycles. The lowest BCUT2D eigenvalue weighted by Crippen LogP contribution is -2.51. The summed E-state index contributed by atoms with van der Waals surface area (Å²) < 4.78 is 0. The highest BCUT2D eigenvalue weighted by molar-refractivity contribution is 5.79. The van der Waals surface area contributed by atoms with Crippen LogP contribution >= 0.6 is 0 Å². The van der Waals surface area contributed by atoms with Gasteiger partial charge in [-0.3, -0.25) is 4.79 Å². The SMILES string of the molecule is CN1CCCC(NC(=O)C2CCCCC2N)C1. The van der Waals surface area contributed by atoms with E-state index in [1.807, 2.05) is 0 Å². The number of nitrogens with zero attached hydrogens (tertiary/aromatic N) is 1. The highest BCUT2D eigenvalue weighted by atomic mass is 16.2. The Kier molecular flexibility index (Phi) is 4.40. The highest BCUT2D eigenvalue weighted by Crippen LogP contribution is 2.23. The van der Waals surface area contributed by atoms with E-state index < -0.39 is 0 Å². The third-order valence-electron chi connectivity index (χ3n) is 4.13. The van der Waals surface area contributed by atoms with Gasteiger partial charge in [0.05, 0.1) is 5.92 Å². The fraction of sp³-hybridized carbons (Fsp3) is 0.923. The topological polar surface area (TPSA) is 58.4 Å². The van der Waals surface area contributed by atoms with Gasteiger partial charge in [-0.15, -0.1) is 0 Å². The second-order valence-electron chi connectivity index (χ2n) is 5.66. The Hall–Kier alpha value is -0.610. The largest absolute Gasteiger partial charge is 0.352 e. The Bertz CT molecular complexity index is 269. The van der Waals surface area contributed by atoms with Gasteiger partial charge < -0.3 is 16.0 Å². The summed E-state index contributed by atoms with van der Waals surface area (Å²) in [7, 11) is 2.12. The van der Waals surface area contributed by atoms with E-state index in [0.717, 1.165) is 38.8 Å². The first kappa shape index (κ1) is 12.8. The molecule has 2 fully saturated rings. The average Bonchev–Trinajstić information content (AvgIpc) is 2.29. The molecule has 2 rings (SSSR count). The Balaban J connectivity index is 1.83. The molecule has 1 amide bonds. The number of amides is 1. The monoisotopic (exact) mass is 239 g/mol. The molecule has 0 aromatic rings. The van der Waals surface area contributed by atoms with Gasteiger partial charge in [0, 0.05) is 18.6 Å². The van der Waals surface area contributed by atoms with Crippen LogP contribution in [0.5, 0.6) is 0 Å². The summed E-state index contributed by atoms with van der Waals surface area (Å²) in [6.07, 6.45) is 6.59. The number of nitrogens with one attached hydrogen (secondary N) is 1. The summed E-state index contributed by atoms with van der Waals surface area (Å²) in [6, 6.07) is 0.403. The molecule has 1 aliphatic carbocycles. The summed E-state index contributed by atoms with van der Waals surface area (Å²) in [5.74, 6) is 0.244. The van der Waals surface area contributed by atoms with Crippen LogP contribution in [0.1, 0.15) is 38.5 Å². The van der Waals surface area contributed by atoms with Gasteiger partial charge in [-0.25, -0.2) is 0 Å². The van der Waals surface area contributed by atoms with Crippen LogP contribution in [-0.2, 0) is 4.79 Å². The van der Waals surface area contributed by atoms with Crippen LogP contribution in [-0.4, -0.2) is 43.0 Å². The first-order valence-electron chi connectivity index (χ1n) is 6.91. The Morgan fingerprint density at radius 3 is 2.71 bits per heavy atom. The Morgan fingerprint density at radius 1 is 1.24 bits per heavy atom. The number of rotatable bonds is 2. The normalized spacial score (nSPS) is 35.5. The highest BCUT2D eigenvalue weighted by Gasteiger charge is 2.30. The van der Waals surface area contributed by atoms with E-state index in [1.165, 1.54) is 12.8 Å². The lowest BCUT2D eigenvalue weighted by Gasteiger charge is -2.33. The van der Waals surface area contributed by atoms with Gasteiger partial charge in [0.2, 0.25) is 5.91 Å². The lowest BCUT2D eigenvalue weighted by molar-refractivity contribution is -0.127. The number of hydrogen-bond donors (Lipinski definition) is 2. The summed E-state index contributed by atoms with van der Waals surface area (Å²) in [5.41, 5.74) is 6.04. The van der Waals surface area contributed by atoms with Crippen molar-refractivity contribution in [3.05, 3.63) is 0 Å². The molecular weight excluding hydrogens is 214 g/mol. The van der Waals surface area contributed by atoms with Gasteiger partial charge >= 0.3 is 0 Å². The van der Waals surface area contributed by atoms with E-state index in [1.54, 1.807) is 0 Å². The number of piperidine rings is 1. The number of carbonyl (C=O) groups excluding carboxylic acids is 1. The van der Waals surface area contributed by atoms with Crippen molar-refractivity contribution in [3.63, 3.8) is 0 Å². The molecule has 1 aliphatic heterocycles. The molecule has 98 valence electrons. The lowest BCUT2D eigenvalue weighted by atomic mass is 9.84. The van der Waals surface area contributed by atoms with Crippen LogP contribution in [0.2, 0.25) is 0 Å². The van der Waals surface area contributed by atoms with Gasteiger partial charge in [0.15, 0.2) is 0 Å². The van der Waals surface area contributed by atoms with Gasteiger partial charge in [-0.2, -0.15) is 0 Å². The number of likely N-dealkylation sites (tertiary alicyclic amines) is 1. The van der Waals surface area contributed by atoms with Crippen LogP contribution in [0.4, 0.5) is 0 Å². The zero-order chi connectivity index (χ0) is 12.3. The minimum atomic E-state index is 0.0518. The molecule has 0 spiro atoms. The quantitative estimate of drug-likeness (QED) is 0.746. The first-order valence-corrected chi connectivity index (χ1v) is 6.91. The number of nitrogens with two attached hydrogens (primary N) is 1. The van der Waals surface area contributed by atoms with Crippen LogP contribution in [0.25, 0.3) is 0 Å². The van der Waals surface area contributed by atoms with Crippen LogP contribution in [0.3, 0.4) is 0 Å². The Morgan fingerprint density at radius 2 is 2.00 bits per heavy atom. The fourth-order valence-corrected chi connectivity index (χ4v) is 3.08. The van der Waals surface area contributed by atoms with Gasteiger partial charge in [0.1, 0.15) is 0 Å². The fourth-order valence-electron chi connectivity index (χ4n) is 3.08. The standard InChI is InChI=1S/C13H25N3O/c1-16-8-4-5-10(9-16)15-13(17)11-6-2-3-7-12(11)14/h10-12H,2-9,14H2,1H3,(H,15,17). The maximum absolute atomic E-state index is 12.2. The third-order valence-corrected chi connectivity index (χ3v) is 4.13. The van der Waals surface area contributed by atoms with Crippen molar-refractivity contribution < 1.29 is 4.79 Å². The molecule has 1 saturated carbocycles. The molecule has 0 aromatic heterocycles. The van der Waals surface area contributed by atoms with Crippen LogP contribution < -0.4 is 11.1 Å². The smallest absolute Gasteiger partial charge is 0.224 e. The van der Waals surface area contributed by atoms with Crippen molar-refractivity contribution in [2.24, 2.45) is 11.7 Å². The predicted octanol–water partition coefficient (Wildman–Crippen LogP) is 0.714. The number of likely N-dealkylation sites (N-methyl/N-ethyl adjacent to an activating group) is 1. The van der Waals surface area contributed by atoms with Gasteiger partial charge in [0.25, 0.3) is 0 Å². The molecular formula is C13H25N3O. The molecule has 0 radical (unpaired) electrons. The van der Waals surface area contributed by atoms with Crippen molar-refractivity contribution in [3.8, 4) is 0 Å². The zero-order valence-corrected chi connectivity index (χ0v) is 10.8.